The summed E-state index contributed by atoms with van der Waals surface area (Å²) in [5.74, 6) is -1.78. The normalized spacial score (nSPS) is 12.0. The molecule has 0 aliphatic carbocycles. The van der Waals surface area contributed by atoms with Crippen LogP contribution in [0.3, 0.4) is 0 Å². The van der Waals surface area contributed by atoms with Crippen molar-refractivity contribution in [2.75, 3.05) is 11.9 Å². The molecule has 1 rings (SSSR count). The number of carbonyl (C=O) groups excluding carboxylic acids is 1. The molecule has 0 heterocycles. The molecule has 1 atom stereocenters. The molecule has 7 heteroatoms. The predicted molar refractivity (Wildman–Crippen MR) is 74.9 cm³/mol. The van der Waals surface area contributed by atoms with Gasteiger partial charge in [0.25, 0.3) is 0 Å². The molecule has 0 bridgehead atoms. The maximum atomic E-state index is 11.9. The average Bonchev–Trinajstić information content (AvgIpc) is 2.34. The minimum Gasteiger partial charge on any atom is -0.478 e. The minimum atomic E-state index is -1.14. The Morgan fingerprint density at radius 1 is 1.37 bits per heavy atom. The van der Waals surface area contributed by atoms with Gasteiger partial charge in [-0.3, -0.25) is 4.79 Å². The van der Waals surface area contributed by atoms with E-state index in [0.717, 1.165) is 0 Å². The molecule has 0 fully saturated rings. The first-order valence-electron chi connectivity index (χ1n) is 5.64. The van der Waals surface area contributed by atoms with E-state index in [-0.39, 0.29) is 39.7 Å². The number of carboxylic acids is 1. The van der Waals surface area contributed by atoms with Crippen molar-refractivity contribution in [2.45, 2.75) is 13.3 Å². The molecule has 1 aromatic carbocycles. The maximum Gasteiger partial charge on any atom is 0.335 e. The summed E-state index contributed by atoms with van der Waals surface area (Å²) >= 11 is 11.8. The molecule has 0 spiro atoms. The molecule has 0 saturated heterocycles. The van der Waals surface area contributed by atoms with Gasteiger partial charge in [-0.15, -0.1) is 0 Å². The largest absolute Gasteiger partial charge is 0.478 e. The van der Waals surface area contributed by atoms with Crippen molar-refractivity contribution in [2.24, 2.45) is 11.7 Å². The molecular formula is C12H14Cl2N2O3. The molecule has 5 nitrogen and oxygen atoms in total. The molecule has 4 N–H and O–H groups in total. The second kappa shape index (κ2) is 6.75. The number of hydrogen-bond acceptors (Lipinski definition) is 3. The minimum absolute atomic E-state index is 0.0427. The number of aromatic carboxylic acids is 1. The second-order valence-corrected chi connectivity index (χ2v) is 4.76. The first-order chi connectivity index (χ1) is 8.90. The molecule has 0 saturated carbocycles. The van der Waals surface area contributed by atoms with Crippen LogP contribution in [0.1, 0.15) is 23.7 Å². The Labute approximate surface area is 120 Å². The van der Waals surface area contributed by atoms with E-state index in [1.807, 2.05) is 6.92 Å². The van der Waals surface area contributed by atoms with E-state index in [9.17, 15) is 9.59 Å². The van der Waals surface area contributed by atoms with Crippen LogP contribution in [0.15, 0.2) is 12.1 Å². The molecule has 0 aliphatic heterocycles. The maximum absolute atomic E-state index is 11.9. The Hall–Kier alpha value is -1.30. The van der Waals surface area contributed by atoms with E-state index in [2.05, 4.69) is 5.32 Å². The van der Waals surface area contributed by atoms with Crippen molar-refractivity contribution in [1.82, 2.24) is 0 Å². The molecule has 0 radical (unpaired) electrons. The van der Waals surface area contributed by atoms with E-state index in [1.54, 1.807) is 0 Å². The van der Waals surface area contributed by atoms with Gasteiger partial charge in [-0.05, 0) is 18.6 Å². The highest BCUT2D eigenvalue weighted by molar-refractivity contribution is 6.40. The Balaban J connectivity index is 3.02. The summed E-state index contributed by atoms with van der Waals surface area (Å²) in [5.41, 5.74) is 5.63. The van der Waals surface area contributed by atoms with Crippen LogP contribution in [0.25, 0.3) is 0 Å². The van der Waals surface area contributed by atoms with Gasteiger partial charge in [0.1, 0.15) is 0 Å². The van der Waals surface area contributed by atoms with Gasteiger partial charge in [0, 0.05) is 6.54 Å². The summed E-state index contributed by atoms with van der Waals surface area (Å²) in [6, 6.07) is 2.46. The summed E-state index contributed by atoms with van der Waals surface area (Å²) < 4.78 is 0. The van der Waals surface area contributed by atoms with Crippen LogP contribution in [0.4, 0.5) is 5.69 Å². The zero-order valence-corrected chi connectivity index (χ0v) is 11.8. The Kier molecular flexibility index (Phi) is 5.60. The zero-order valence-electron chi connectivity index (χ0n) is 10.2. The van der Waals surface area contributed by atoms with Gasteiger partial charge in [0.2, 0.25) is 5.91 Å². The summed E-state index contributed by atoms with van der Waals surface area (Å²) in [4.78, 5) is 22.7. The van der Waals surface area contributed by atoms with Crippen LogP contribution < -0.4 is 11.1 Å². The van der Waals surface area contributed by atoms with Crippen molar-refractivity contribution in [3.63, 3.8) is 0 Å². The van der Waals surface area contributed by atoms with Crippen molar-refractivity contribution in [3.05, 3.63) is 27.7 Å². The monoisotopic (exact) mass is 304 g/mol. The molecular weight excluding hydrogens is 291 g/mol. The molecule has 1 unspecified atom stereocenters. The van der Waals surface area contributed by atoms with Gasteiger partial charge in [0.05, 0.1) is 27.2 Å². The quantitative estimate of drug-likeness (QED) is 0.779. The predicted octanol–water partition coefficient (Wildman–Crippen LogP) is 2.62. The van der Waals surface area contributed by atoms with E-state index in [0.29, 0.717) is 6.42 Å². The van der Waals surface area contributed by atoms with Crippen LogP contribution in [0, 0.1) is 5.92 Å². The lowest BCUT2D eigenvalue weighted by Crippen LogP contribution is -2.28. The highest BCUT2D eigenvalue weighted by Gasteiger charge is 2.18. The van der Waals surface area contributed by atoms with Crippen LogP contribution in [0.5, 0.6) is 0 Å². The van der Waals surface area contributed by atoms with E-state index in [1.165, 1.54) is 12.1 Å². The van der Waals surface area contributed by atoms with Gasteiger partial charge in [-0.2, -0.15) is 0 Å². The van der Waals surface area contributed by atoms with Gasteiger partial charge < -0.3 is 16.2 Å². The Bertz CT molecular complexity index is 479. The first-order valence-corrected chi connectivity index (χ1v) is 6.39. The molecule has 1 amide bonds. The standard InChI is InChI=1S/C12H14Cl2N2O3/c1-2-6(5-15)11(17)16-10-8(13)3-7(12(18)19)4-9(10)14/h3-4,6H,2,5,15H2,1H3,(H,16,17)(H,18,19). The smallest absolute Gasteiger partial charge is 0.335 e. The summed E-state index contributed by atoms with van der Waals surface area (Å²) in [6.45, 7) is 2.05. The number of rotatable bonds is 5. The number of benzene rings is 1. The lowest BCUT2D eigenvalue weighted by Gasteiger charge is -2.15. The van der Waals surface area contributed by atoms with Crippen molar-refractivity contribution in [1.29, 1.82) is 0 Å². The Morgan fingerprint density at radius 2 is 1.89 bits per heavy atom. The number of carbonyl (C=O) groups is 2. The first kappa shape index (κ1) is 15.8. The third-order valence-corrected chi connectivity index (χ3v) is 3.28. The number of nitrogens with one attached hydrogen (secondary N) is 1. The highest BCUT2D eigenvalue weighted by Crippen LogP contribution is 2.32. The molecule has 104 valence electrons. The zero-order chi connectivity index (χ0) is 14.6. The van der Waals surface area contributed by atoms with Gasteiger partial charge >= 0.3 is 5.97 Å². The van der Waals surface area contributed by atoms with Crippen LogP contribution in [-0.4, -0.2) is 23.5 Å². The lowest BCUT2D eigenvalue weighted by atomic mass is 10.1. The van der Waals surface area contributed by atoms with E-state index in [4.69, 9.17) is 34.0 Å². The van der Waals surface area contributed by atoms with Crippen molar-refractivity contribution >= 4 is 40.8 Å². The number of nitrogens with two attached hydrogens (primary N) is 1. The van der Waals surface area contributed by atoms with Crippen LogP contribution >= 0.6 is 23.2 Å². The Morgan fingerprint density at radius 3 is 2.26 bits per heavy atom. The fourth-order valence-corrected chi connectivity index (χ4v) is 2.08. The van der Waals surface area contributed by atoms with Crippen LogP contribution in [-0.2, 0) is 4.79 Å². The number of hydrogen-bond donors (Lipinski definition) is 3. The lowest BCUT2D eigenvalue weighted by molar-refractivity contribution is -0.119. The summed E-state index contributed by atoms with van der Waals surface area (Å²) in [6.07, 6.45) is 0.588. The molecule has 0 aromatic heterocycles. The topological polar surface area (TPSA) is 92.4 Å². The van der Waals surface area contributed by atoms with E-state index >= 15 is 0 Å². The third kappa shape index (κ3) is 3.83. The highest BCUT2D eigenvalue weighted by atomic mass is 35.5. The number of halogens is 2. The SMILES string of the molecule is CCC(CN)C(=O)Nc1c(Cl)cc(C(=O)O)cc1Cl. The van der Waals surface area contributed by atoms with Gasteiger partial charge in [0.15, 0.2) is 0 Å². The fourth-order valence-electron chi connectivity index (χ4n) is 1.50. The third-order valence-electron chi connectivity index (χ3n) is 2.69. The average molecular weight is 305 g/mol. The van der Waals surface area contributed by atoms with Gasteiger partial charge in [-0.25, -0.2) is 4.79 Å². The van der Waals surface area contributed by atoms with Crippen molar-refractivity contribution < 1.29 is 14.7 Å². The molecule has 1 aromatic rings. The van der Waals surface area contributed by atoms with E-state index < -0.39 is 5.97 Å². The van der Waals surface area contributed by atoms with Gasteiger partial charge in [-0.1, -0.05) is 30.1 Å². The molecule has 0 aliphatic rings. The van der Waals surface area contributed by atoms with Crippen molar-refractivity contribution in [3.8, 4) is 0 Å². The van der Waals surface area contributed by atoms with Crippen LogP contribution in [0.2, 0.25) is 10.0 Å². The number of amides is 1. The fraction of sp³-hybridized carbons (Fsp3) is 0.333. The molecule has 19 heavy (non-hydrogen) atoms. The summed E-state index contributed by atoms with van der Waals surface area (Å²) in [5, 5.41) is 11.6. The number of anilines is 1. The number of carboxylic acid groups (broad SMARTS) is 1. The summed E-state index contributed by atoms with van der Waals surface area (Å²) in [7, 11) is 0. The second-order valence-electron chi connectivity index (χ2n) is 3.95.